The normalized spacial score (nSPS) is 17.2. The number of likely N-dealkylation sites (tertiary alicyclic amines) is 1. The molecule has 1 amide bonds. The second kappa shape index (κ2) is 7.46. The lowest BCUT2D eigenvalue weighted by molar-refractivity contribution is -0.151. The van der Waals surface area contributed by atoms with Crippen molar-refractivity contribution in [3.05, 3.63) is 34.4 Å². The summed E-state index contributed by atoms with van der Waals surface area (Å²) < 4.78 is 1.66. The molecule has 1 fully saturated rings. The van der Waals surface area contributed by atoms with Crippen molar-refractivity contribution in [2.24, 2.45) is 0 Å². The average molecular weight is 371 g/mol. The van der Waals surface area contributed by atoms with Gasteiger partial charge in [0, 0.05) is 29.2 Å². The smallest absolute Gasteiger partial charge is 0.326 e. The zero-order valence-corrected chi connectivity index (χ0v) is 16.2. The molecule has 2 aromatic heterocycles. The zero-order chi connectivity index (χ0) is 19.7. The Kier molecular flexibility index (Phi) is 5.25. The lowest BCUT2D eigenvalue weighted by Gasteiger charge is -2.33. The third-order valence-corrected chi connectivity index (χ3v) is 5.04. The van der Waals surface area contributed by atoms with Crippen molar-refractivity contribution in [2.45, 2.75) is 59.4 Å². The SMILES string of the molecule is Cc1cc(C)nc(-n2nc(C)c(CC(=O)N3CCCC[C@@H]3C(=O)O)c2C)n1. The Balaban J connectivity index is 1.88. The van der Waals surface area contributed by atoms with E-state index in [9.17, 15) is 14.7 Å². The van der Waals surface area contributed by atoms with Gasteiger partial charge in [-0.1, -0.05) is 0 Å². The van der Waals surface area contributed by atoms with Crippen LogP contribution in [0.25, 0.3) is 5.95 Å². The first kappa shape index (κ1) is 19.0. The van der Waals surface area contributed by atoms with Crippen LogP contribution in [-0.4, -0.2) is 54.2 Å². The fourth-order valence-corrected chi connectivity index (χ4v) is 3.67. The highest BCUT2D eigenvalue weighted by atomic mass is 16.4. The van der Waals surface area contributed by atoms with Gasteiger partial charge in [-0.3, -0.25) is 4.79 Å². The van der Waals surface area contributed by atoms with Crippen molar-refractivity contribution in [1.29, 1.82) is 0 Å². The maximum absolute atomic E-state index is 12.8. The van der Waals surface area contributed by atoms with Crippen molar-refractivity contribution < 1.29 is 14.7 Å². The molecule has 8 nitrogen and oxygen atoms in total. The van der Waals surface area contributed by atoms with Gasteiger partial charge in [0.15, 0.2) is 0 Å². The van der Waals surface area contributed by atoms with Crippen LogP contribution in [0.1, 0.15) is 47.6 Å². The van der Waals surface area contributed by atoms with E-state index < -0.39 is 12.0 Å². The molecule has 0 saturated carbocycles. The van der Waals surface area contributed by atoms with Crippen LogP contribution in [0.4, 0.5) is 0 Å². The lowest BCUT2D eigenvalue weighted by atomic mass is 10.0. The topological polar surface area (TPSA) is 101 Å². The Bertz CT molecular complexity index is 869. The van der Waals surface area contributed by atoms with Gasteiger partial charge < -0.3 is 10.0 Å². The molecule has 1 N–H and O–H groups in total. The number of carbonyl (C=O) groups is 2. The quantitative estimate of drug-likeness (QED) is 0.881. The standard InChI is InChI=1S/C19H25N5O3/c1-11-9-12(2)21-19(20-11)24-14(4)15(13(3)22-24)10-17(25)23-8-6-5-7-16(23)18(26)27/h9,16H,5-8,10H2,1-4H3,(H,26,27)/t16-/m1/s1. The van der Waals surface area contributed by atoms with Crippen LogP contribution in [-0.2, 0) is 16.0 Å². The van der Waals surface area contributed by atoms with Crippen LogP contribution in [0.2, 0.25) is 0 Å². The summed E-state index contributed by atoms with van der Waals surface area (Å²) in [7, 11) is 0. The van der Waals surface area contributed by atoms with Crippen LogP contribution in [0.15, 0.2) is 6.07 Å². The maximum atomic E-state index is 12.8. The van der Waals surface area contributed by atoms with E-state index in [0.29, 0.717) is 18.9 Å². The highest BCUT2D eigenvalue weighted by molar-refractivity contribution is 5.85. The summed E-state index contributed by atoms with van der Waals surface area (Å²) in [6, 6.07) is 1.16. The Labute approximate surface area is 158 Å². The minimum absolute atomic E-state index is 0.131. The Morgan fingerprint density at radius 3 is 2.44 bits per heavy atom. The summed E-state index contributed by atoms with van der Waals surface area (Å²) >= 11 is 0. The van der Waals surface area contributed by atoms with E-state index in [-0.39, 0.29) is 12.3 Å². The molecule has 0 unspecified atom stereocenters. The van der Waals surface area contributed by atoms with Crippen LogP contribution in [0, 0.1) is 27.7 Å². The molecule has 0 spiro atoms. The third kappa shape index (κ3) is 3.84. The molecule has 3 rings (SSSR count). The number of aromatic nitrogens is 4. The summed E-state index contributed by atoms with van der Waals surface area (Å²) in [5, 5.41) is 13.9. The van der Waals surface area contributed by atoms with Gasteiger partial charge in [-0.05, 0) is 53.0 Å². The highest BCUT2D eigenvalue weighted by Gasteiger charge is 2.32. The van der Waals surface area contributed by atoms with Crippen LogP contribution >= 0.6 is 0 Å². The number of carboxylic acids is 1. The molecule has 8 heteroatoms. The van der Waals surface area contributed by atoms with Crippen molar-refractivity contribution in [3.63, 3.8) is 0 Å². The second-order valence-corrected chi connectivity index (χ2v) is 7.13. The maximum Gasteiger partial charge on any atom is 0.326 e. The summed E-state index contributed by atoms with van der Waals surface area (Å²) in [6.07, 6.45) is 2.31. The van der Waals surface area contributed by atoms with Gasteiger partial charge in [0.2, 0.25) is 5.91 Å². The fourth-order valence-electron chi connectivity index (χ4n) is 3.67. The molecule has 2 aromatic rings. The molecule has 0 aromatic carbocycles. The third-order valence-electron chi connectivity index (χ3n) is 5.04. The minimum atomic E-state index is -0.934. The molecule has 1 saturated heterocycles. The Morgan fingerprint density at radius 2 is 1.81 bits per heavy atom. The summed E-state index contributed by atoms with van der Waals surface area (Å²) in [4.78, 5) is 34.7. The van der Waals surface area contributed by atoms with Gasteiger partial charge in [-0.15, -0.1) is 0 Å². The number of aliphatic carboxylic acids is 1. The number of aryl methyl sites for hydroxylation is 3. The molecular weight excluding hydrogens is 346 g/mol. The number of carbonyl (C=O) groups excluding carboxylic acids is 1. The molecule has 3 heterocycles. The summed E-state index contributed by atoms with van der Waals surface area (Å²) in [5.41, 5.74) is 4.03. The number of hydrogen-bond donors (Lipinski definition) is 1. The summed E-state index contributed by atoms with van der Waals surface area (Å²) in [6.45, 7) is 8.02. The second-order valence-electron chi connectivity index (χ2n) is 7.13. The average Bonchev–Trinajstić information content (AvgIpc) is 2.89. The molecule has 27 heavy (non-hydrogen) atoms. The molecule has 1 atom stereocenters. The van der Waals surface area contributed by atoms with Crippen LogP contribution in [0.5, 0.6) is 0 Å². The zero-order valence-electron chi connectivity index (χ0n) is 16.2. The number of piperidine rings is 1. The number of amides is 1. The molecule has 1 aliphatic heterocycles. The summed E-state index contributed by atoms with van der Waals surface area (Å²) in [5.74, 6) is -0.627. The van der Waals surface area contributed by atoms with E-state index in [1.54, 1.807) is 4.68 Å². The number of carboxylic acid groups (broad SMARTS) is 1. The van der Waals surface area contributed by atoms with Crippen LogP contribution < -0.4 is 0 Å². The van der Waals surface area contributed by atoms with E-state index in [0.717, 1.165) is 41.2 Å². The predicted molar refractivity (Wildman–Crippen MR) is 98.8 cm³/mol. The Hall–Kier alpha value is -2.77. The lowest BCUT2D eigenvalue weighted by Crippen LogP contribution is -2.48. The molecule has 0 aliphatic carbocycles. The monoisotopic (exact) mass is 371 g/mol. The fraction of sp³-hybridized carbons (Fsp3) is 0.526. The van der Waals surface area contributed by atoms with Crippen molar-refractivity contribution in [2.75, 3.05) is 6.54 Å². The first-order chi connectivity index (χ1) is 12.8. The first-order valence-corrected chi connectivity index (χ1v) is 9.18. The molecular formula is C19H25N5O3. The van der Waals surface area contributed by atoms with Gasteiger partial charge >= 0.3 is 5.97 Å². The van der Waals surface area contributed by atoms with E-state index in [1.807, 2.05) is 33.8 Å². The number of nitrogens with zero attached hydrogens (tertiary/aromatic N) is 5. The van der Waals surface area contributed by atoms with E-state index in [2.05, 4.69) is 15.1 Å². The van der Waals surface area contributed by atoms with E-state index >= 15 is 0 Å². The molecule has 0 bridgehead atoms. The van der Waals surface area contributed by atoms with Crippen molar-refractivity contribution in [3.8, 4) is 5.95 Å². The first-order valence-electron chi connectivity index (χ1n) is 9.18. The van der Waals surface area contributed by atoms with E-state index in [1.165, 1.54) is 4.90 Å². The van der Waals surface area contributed by atoms with Gasteiger partial charge in [-0.2, -0.15) is 5.10 Å². The predicted octanol–water partition coefficient (Wildman–Crippen LogP) is 1.90. The Morgan fingerprint density at radius 1 is 1.15 bits per heavy atom. The van der Waals surface area contributed by atoms with Gasteiger partial charge in [0.1, 0.15) is 6.04 Å². The van der Waals surface area contributed by atoms with Crippen LogP contribution in [0.3, 0.4) is 0 Å². The van der Waals surface area contributed by atoms with Crippen molar-refractivity contribution in [1.82, 2.24) is 24.6 Å². The molecule has 144 valence electrons. The van der Waals surface area contributed by atoms with Gasteiger partial charge in [0.05, 0.1) is 12.1 Å². The van der Waals surface area contributed by atoms with E-state index in [4.69, 9.17) is 0 Å². The highest BCUT2D eigenvalue weighted by Crippen LogP contribution is 2.22. The van der Waals surface area contributed by atoms with Crippen molar-refractivity contribution >= 4 is 11.9 Å². The largest absolute Gasteiger partial charge is 0.480 e. The number of hydrogen-bond acceptors (Lipinski definition) is 5. The minimum Gasteiger partial charge on any atom is -0.480 e. The number of rotatable bonds is 4. The molecule has 0 radical (unpaired) electrons. The van der Waals surface area contributed by atoms with Gasteiger partial charge in [0.25, 0.3) is 5.95 Å². The molecule has 1 aliphatic rings. The van der Waals surface area contributed by atoms with Gasteiger partial charge in [-0.25, -0.2) is 19.4 Å².